The highest BCUT2D eigenvalue weighted by Crippen LogP contribution is 2.38. The van der Waals surface area contributed by atoms with Crippen molar-refractivity contribution in [3.8, 4) is 11.1 Å². The Morgan fingerprint density at radius 1 is 1.05 bits per heavy atom. The van der Waals surface area contributed by atoms with Gasteiger partial charge in [-0.15, -0.1) is 0 Å². The lowest BCUT2D eigenvalue weighted by atomic mass is 9.86. The number of aliphatic hydroxyl groups excluding tert-OH is 1. The van der Waals surface area contributed by atoms with E-state index in [1.54, 1.807) is 4.90 Å². The average molecular weight is 498 g/mol. The molecule has 3 N–H and O–H groups in total. The third kappa shape index (κ3) is 6.00. The number of hydrogen-bond acceptors (Lipinski definition) is 4. The summed E-state index contributed by atoms with van der Waals surface area (Å²) in [6, 6.07) is 18.6. The first-order valence-electron chi connectivity index (χ1n) is 13.0. The zero-order valence-electron chi connectivity index (χ0n) is 21.7. The number of nitrogens with zero attached hydrogens (tertiary/aromatic N) is 1. The number of nitrogens with one attached hydrogen (secondary N) is 2. The Hall–Kier alpha value is -3.70. The number of allylic oxidation sites excluding steroid dienone is 2. The van der Waals surface area contributed by atoms with Crippen LogP contribution in [0, 0.1) is 17.1 Å². The Morgan fingerprint density at radius 2 is 1.76 bits per heavy atom. The number of rotatable bonds is 9. The van der Waals surface area contributed by atoms with Crippen molar-refractivity contribution in [1.82, 2.24) is 0 Å². The van der Waals surface area contributed by atoms with E-state index in [1.807, 2.05) is 74.7 Å². The maximum absolute atomic E-state index is 14.6. The van der Waals surface area contributed by atoms with E-state index >= 15 is 0 Å². The maximum Gasteiger partial charge on any atom is 0.157 e. The summed E-state index contributed by atoms with van der Waals surface area (Å²) in [5.41, 5.74) is 6.55. The lowest BCUT2D eigenvalue weighted by molar-refractivity contribution is 0.174. The number of hydrogen-bond donors (Lipinski definition) is 3. The van der Waals surface area contributed by atoms with E-state index < -0.39 is 6.23 Å². The van der Waals surface area contributed by atoms with Gasteiger partial charge in [0.25, 0.3) is 0 Å². The van der Waals surface area contributed by atoms with E-state index in [2.05, 4.69) is 11.9 Å². The Balaban J connectivity index is 1.69. The lowest BCUT2D eigenvalue weighted by Gasteiger charge is -2.37. The topological polar surface area (TPSA) is 59.4 Å². The normalized spacial score (nSPS) is 14.9. The molecule has 0 heterocycles. The third-order valence-corrected chi connectivity index (χ3v) is 7.19. The van der Waals surface area contributed by atoms with Crippen molar-refractivity contribution >= 4 is 23.7 Å². The van der Waals surface area contributed by atoms with E-state index in [0.717, 1.165) is 59.3 Å². The van der Waals surface area contributed by atoms with Crippen LogP contribution in [0.1, 0.15) is 61.9 Å². The highest BCUT2D eigenvalue weighted by Gasteiger charge is 2.28. The van der Waals surface area contributed by atoms with E-state index in [1.165, 1.54) is 24.8 Å². The van der Waals surface area contributed by atoms with Crippen molar-refractivity contribution in [2.24, 2.45) is 5.92 Å². The molecule has 0 bridgehead atoms. The molecule has 0 aliphatic heterocycles. The molecule has 4 rings (SSSR count). The molecule has 1 aliphatic rings. The second kappa shape index (κ2) is 12.0. The number of halogens is 1. The monoisotopic (exact) mass is 497 g/mol. The molecule has 1 aliphatic carbocycles. The lowest BCUT2D eigenvalue weighted by Crippen LogP contribution is -2.32. The summed E-state index contributed by atoms with van der Waals surface area (Å²) in [6.45, 7) is 6.31. The molecule has 0 aromatic heterocycles. The molecule has 4 nitrogen and oxygen atoms in total. The highest BCUT2D eigenvalue weighted by molar-refractivity contribution is 5.88. The van der Waals surface area contributed by atoms with Crippen molar-refractivity contribution in [3.05, 3.63) is 102 Å². The molecule has 37 heavy (non-hydrogen) atoms. The second-order valence-electron chi connectivity index (χ2n) is 9.63. The first-order valence-corrected chi connectivity index (χ1v) is 13.0. The van der Waals surface area contributed by atoms with Crippen LogP contribution < -0.4 is 10.2 Å². The van der Waals surface area contributed by atoms with Gasteiger partial charge in [0.2, 0.25) is 0 Å². The average Bonchev–Trinajstić information content (AvgIpc) is 2.93. The van der Waals surface area contributed by atoms with Crippen LogP contribution in [0.15, 0.2) is 79.0 Å². The molecule has 192 valence electrons. The van der Waals surface area contributed by atoms with E-state index in [9.17, 15) is 9.50 Å². The summed E-state index contributed by atoms with van der Waals surface area (Å²) < 4.78 is 14.6. The first-order chi connectivity index (χ1) is 17.9. The minimum Gasteiger partial charge on any atom is -0.388 e. The van der Waals surface area contributed by atoms with Crippen LogP contribution in [0.4, 0.5) is 15.8 Å². The quantitative estimate of drug-likeness (QED) is 0.206. The molecular formula is C32H36FN3O. The molecule has 3 aromatic rings. The van der Waals surface area contributed by atoms with Crippen LogP contribution in [0.25, 0.3) is 17.2 Å². The van der Waals surface area contributed by atoms with Gasteiger partial charge in [-0.2, -0.15) is 0 Å². The fourth-order valence-corrected chi connectivity index (χ4v) is 5.21. The van der Waals surface area contributed by atoms with Crippen molar-refractivity contribution in [2.75, 3.05) is 17.3 Å². The van der Waals surface area contributed by atoms with Crippen LogP contribution in [-0.4, -0.2) is 18.4 Å². The van der Waals surface area contributed by atoms with Gasteiger partial charge in [0.15, 0.2) is 6.23 Å². The Morgan fingerprint density at radius 3 is 2.41 bits per heavy atom. The van der Waals surface area contributed by atoms with Gasteiger partial charge in [-0.3, -0.25) is 0 Å². The predicted molar refractivity (Wildman–Crippen MR) is 154 cm³/mol. The maximum atomic E-state index is 14.6. The summed E-state index contributed by atoms with van der Waals surface area (Å²) in [4.78, 5) is 1.80. The summed E-state index contributed by atoms with van der Waals surface area (Å²) in [5.74, 6) is -0.0945. The highest BCUT2D eigenvalue weighted by atomic mass is 19.1. The van der Waals surface area contributed by atoms with Gasteiger partial charge in [0.1, 0.15) is 5.82 Å². The Labute approximate surface area is 219 Å². The fraction of sp³-hybridized carbons (Fsp3) is 0.281. The summed E-state index contributed by atoms with van der Waals surface area (Å²) in [5, 5.41) is 22.5. The summed E-state index contributed by atoms with van der Waals surface area (Å²) in [7, 11) is 1.84. The van der Waals surface area contributed by atoms with Crippen LogP contribution in [-0.2, 0) is 0 Å². The van der Waals surface area contributed by atoms with Gasteiger partial charge in [0.05, 0.1) is 0 Å². The zero-order valence-corrected chi connectivity index (χ0v) is 21.7. The van der Waals surface area contributed by atoms with Crippen LogP contribution >= 0.6 is 0 Å². The van der Waals surface area contributed by atoms with E-state index in [-0.39, 0.29) is 11.7 Å². The summed E-state index contributed by atoms with van der Waals surface area (Å²) >= 11 is 0. The standard InChI is InChI=1S/C32H36FN3O/c1-4-8-23-17-29(33)20-30(18-23)36(22(2)24-9-6-5-7-10-24)32(37)26-13-11-25(12-14-26)27-15-16-31(35-3)28(19-27)21-34/h4,8,11-21,24,32,34-35,37H,2,5-7,9-10H2,1,3H3/b8-4+,34-21?. The SMILES string of the molecule is C=C(C1CCCCC1)N(c1cc(F)cc(/C=C/C)c1)C(O)c1ccc(-c2ccc(NC)c(C=N)c2)cc1. The molecule has 0 saturated heterocycles. The van der Waals surface area contributed by atoms with Crippen LogP contribution in [0.2, 0.25) is 0 Å². The molecule has 1 saturated carbocycles. The molecule has 3 aromatic carbocycles. The Kier molecular flexibility index (Phi) is 8.57. The van der Waals surface area contributed by atoms with Gasteiger partial charge in [-0.05, 0) is 72.7 Å². The van der Waals surface area contributed by atoms with Crippen LogP contribution in [0.3, 0.4) is 0 Å². The molecule has 1 fully saturated rings. The molecule has 5 heteroatoms. The molecular weight excluding hydrogens is 461 g/mol. The minimum atomic E-state index is -1.01. The fourth-order valence-electron chi connectivity index (χ4n) is 5.21. The van der Waals surface area contributed by atoms with Gasteiger partial charge >= 0.3 is 0 Å². The minimum absolute atomic E-state index is 0.251. The van der Waals surface area contributed by atoms with Gasteiger partial charge in [-0.25, -0.2) is 4.39 Å². The van der Waals surface area contributed by atoms with Crippen molar-refractivity contribution in [3.63, 3.8) is 0 Å². The number of aliphatic hydroxyl groups is 1. The summed E-state index contributed by atoms with van der Waals surface area (Å²) in [6.07, 6.45) is 9.60. The third-order valence-electron chi connectivity index (χ3n) is 7.19. The van der Waals surface area contributed by atoms with Gasteiger partial charge in [-0.1, -0.05) is 68.3 Å². The van der Waals surface area contributed by atoms with Crippen molar-refractivity contribution in [2.45, 2.75) is 45.3 Å². The Bertz CT molecular complexity index is 1280. The van der Waals surface area contributed by atoms with E-state index in [4.69, 9.17) is 5.41 Å². The molecule has 1 atom stereocenters. The van der Waals surface area contributed by atoms with Gasteiger partial charge < -0.3 is 20.7 Å². The number of anilines is 2. The molecule has 0 spiro atoms. The van der Waals surface area contributed by atoms with Crippen molar-refractivity contribution < 1.29 is 9.50 Å². The van der Waals surface area contributed by atoms with E-state index in [0.29, 0.717) is 11.3 Å². The predicted octanol–water partition coefficient (Wildman–Crippen LogP) is 8.16. The molecule has 1 unspecified atom stereocenters. The number of benzene rings is 3. The first kappa shape index (κ1) is 26.4. The second-order valence-corrected chi connectivity index (χ2v) is 9.63. The van der Waals surface area contributed by atoms with Gasteiger partial charge in [0, 0.05) is 41.5 Å². The zero-order chi connectivity index (χ0) is 26.4. The molecule has 0 amide bonds. The van der Waals surface area contributed by atoms with Crippen LogP contribution in [0.5, 0.6) is 0 Å². The molecule has 0 radical (unpaired) electrons. The van der Waals surface area contributed by atoms with Crippen molar-refractivity contribution in [1.29, 1.82) is 5.41 Å². The largest absolute Gasteiger partial charge is 0.388 e. The smallest absolute Gasteiger partial charge is 0.157 e.